The Labute approximate surface area is 198 Å². The Bertz CT molecular complexity index is 1150. The van der Waals surface area contributed by atoms with Crippen molar-refractivity contribution in [3.63, 3.8) is 0 Å². The first-order valence-corrected chi connectivity index (χ1v) is 12.8. The Balaban J connectivity index is 1.27. The minimum atomic E-state index is -3.57. The summed E-state index contributed by atoms with van der Waals surface area (Å²) in [4.78, 5) is 26.6. The molecule has 10 heteroatoms. The van der Waals surface area contributed by atoms with Gasteiger partial charge in [0.2, 0.25) is 10.0 Å². The lowest BCUT2D eigenvalue weighted by molar-refractivity contribution is -0.123. The number of piperazine rings is 1. The predicted molar refractivity (Wildman–Crippen MR) is 125 cm³/mol. The van der Waals surface area contributed by atoms with Crippen molar-refractivity contribution < 1.29 is 18.0 Å². The number of carbonyl (C=O) groups is 2. The van der Waals surface area contributed by atoms with Gasteiger partial charge in [0.15, 0.2) is 0 Å². The van der Waals surface area contributed by atoms with E-state index in [4.69, 9.17) is 11.6 Å². The molecular weight excluding hydrogens is 464 g/mol. The number of sulfonamides is 1. The lowest BCUT2D eigenvalue weighted by atomic mass is 9.92. The molecule has 1 aliphatic carbocycles. The number of rotatable bonds is 5. The second-order valence-corrected chi connectivity index (χ2v) is 10.6. The highest BCUT2D eigenvalue weighted by Gasteiger charge is 2.29. The molecule has 2 N–H and O–H groups in total. The van der Waals surface area contributed by atoms with Crippen molar-refractivity contribution in [2.45, 2.75) is 30.6 Å². The van der Waals surface area contributed by atoms with E-state index in [2.05, 4.69) is 10.9 Å². The monoisotopic (exact) mass is 490 g/mol. The third-order valence-corrected chi connectivity index (χ3v) is 8.31. The fraction of sp³-hybridized carbons (Fsp3) is 0.391. The summed E-state index contributed by atoms with van der Waals surface area (Å²) in [5.74, 6) is -0.892. The Kier molecular flexibility index (Phi) is 7.33. The van der Waals surface area contributed by atoms with E-state index in [9.17, 15) is 18.0 Å². The van der Waals surface area contributed by atoms with E-state index in [1.54, 1.807) is 30.3 Å². The highest BCUT2D eigenvalue weighted by molar-refractivity contribution is 7.89. The van der Waals surface area contributed by atoms with Crippen molar-refractivity contribution in [2.75, 3.05) is 32.7 Å². The second-order valence-electron chi connectivity index (χ2n) is 8.30. The zero-order valence-electron chi connectivity index (χ0n) is 18.2. The third kappa shape index (κ3) is 5.55. The van der Waals surface area contributed by atoms with Gasteiger partial charge in [0, 0.05) is 26.2 Å². The first kappa shape index (κ1) is 23.7. The lowest BCUT2D eigenvalue weighted by Gasteiger charge is -2.33. The van der Waals surface area contributed by atoms with Crippen LogP contribution in [0.5, 0.6) is 0 Å². The van der Waals surface area contributed by atoms with Gasteiger partial charge in [0.25, 0.3) is 11.8 Å². The van der Waals surface area contributed by atoms with Crippen LogP contribution in [0, 0.1) is 0 Å². The van der Waals surface area contributed by atoms with Gasteiger partial charge in [-0.2, -0.15) is 4.31 Å². The van der Waals surface area contributed by atoms with Crippen LogP contribution in [0.4, 0.5) is 0 Å². The summed E-state index contributed by atoms with van der Waals surface area (Å²) in [5.41, 5.74) is 7.38. The van der Waals surface area contributed by atoms with E-state index in [0.29, 0.717) is 36.1 Å². The maximum Gasteiger partial charge on any atom is 0.271 e. The zero-order valence-corrected chi connectivity index (χ0v) is 19.8. The molecule has 1 heterocycles. The number of carbonyl (C=O) groups excluding carboxylic acids is 2. The van der Waals surface area contributed by atoms with Gasteiger partial charge in [0.05, 0.1) is 22.0 Å². The number of nitrogens with zero attached hydrogens (tertiary/aromatic N) is 2. The molecule has 2 aromatic rings. The average molecular weight is 491 g/mol. The number of hydrogen-bond donors (Lipinski definition) is 2. The molecular formula is C23H27ClN4O4S. The number of nitrogens with one attached hydrogen (secondary N) is 2. The molecule has 0 unspecified atom stereocenters. The summed E-state index contributed by atoms with van der Waals surface area (Å²) in [6.45, 7) is 1.51. The van der Waals surface area contributed by atoms with Gasteiger partial charge >= 0.3 is 0 Å². The molecule has 2 aromatic carbocycles. The molecule has 0 saturated carbocycles. The summed E-state index contributed by atoms with van der Waals surface area (Å²) in [6.07, 6.45) is 4.18. The highest BCUT2D eigenvalue weighted by atomic mass is 35.5. The summed E-state index contributed by atoms with van der Waals surface area (Å²) in [6, 6.07) is 12.0. The van der Waals surface area contributed by atoms with Gasteiger partial charge < -0.3 is 0 Å². The SMILES string of the molecule is O=C(CN1CCN(S(=O)(=O)c2ccc3c(c2)CCCC3)CC1)NNC(=O)c1ccccc1Cl. The van der Waals surface area contributed by atoms with Crippen LogP contribution in [-0.4, -0.2) is 62.2 Å². The average Bonchev–Trinajstić information content (AvgIpc) is 2.83. The summed E-state index contributed by atoms with van der Waals surface area (Å²) < 4.78 is 27.7. The molecule has 0 bridgehead atoms. The Hall–Kier alpha value is -2.46. The molecule has 8 nitrogen and oxygen atoms in total. The van der Waals surface area contributed by atoms with Crippen LogP contribution in [0.15, 0.2) is 47.4 Å². The van der Waals surface area contributed by atoms with Gasteiger partial charge in [-0.15, -0.1) is 0 Å². The normalized spacial score (nSPS) is 17.2. The molecule has 1 saturated heterocycles. The van der Waals surface area contributed by atoms with Crippen LogP contribution in [0.3, 0.4) is 0 Å². The fourth-order valence-corrected chi connectivity index (χ4v) is 5.92. The van der Waals surface area contributed by atoms with E-state index < -0.39 is 15.9 Å². The molecule has 0 atom stereocenters. The minimum absolute atomic E-state index is 0.0511. The number of benzene rings is 2. The zero-order chi connectivity index (χ0) is 23.4. The van der Waals surface area contributed by atoms with Crippen LogP contribution in [0.1, 0.15) is 34.3 Å². The van der Waals surface area contributed by atoms with Crippen molar-refractivity contribution >= 4 is 33.4 Å². The summed E-state index contributed by atoms with van der Waals surface area (Å²) in [5, 5.41) is 0.292. The van der Waals surface area contributed by atoms with Crippen molar-refractivity contribution in [3.05, 3.63) is 64.2 Å². The number of hydrogen-bond acceptors (Lipinski definition) is 5. The van der Waals surface area contributed by atoms with E-state index >= 15 is 0 Å². The third-order valence-electron chi connectivity index (χ3n) is 6.09. The largest absolute Gasteiger partial charge is 0.292 e. The number of amides is 2. The van der Waals surface area contributed by atoms with Crippen LogP contribution in [-0.2, 0) is 27.7 Å². The molecule has 4 rings (SSSR count). The maximum atomic E-state index is 13.1. The quantitative estimate of drug-likeness (QED) is 0.624. The molecule has 1 aliphatic heterocycles. The molecule has 2 amide bonds. The van der Waals surface area contributed by atoms with Gasteiger partial charge in [-0.05, 0) is 61.1 Å². The Morgan fingerprint density at radius 3 is 2.33 bits per heavy atom. The van der Waals surface area contributed by atoms with Crippen molar-refractivity contribution in [1.29, 1.82) is 0 Å². The van der Waals surface area contributed by atoms with E-state index in [0.717, 1.165) is 31.2 Å². The Morgan fingerprint density at radius 1 is 0.909 bits per heavy atom. The highest BCUT2D eigenvalue weighted by Crippen LogP contribution is 2.26. The first-order chi connectivity index (χ1) is 15.8. The van der Waals surface area contributed by atoms with E-state index in [-0.39, 0.29) is 18.0 Å². The molecule has 1 fully saturated rings. The maximum absolute atomic E-state index is 13.1. The lowest BCUT2D eigenvalue weighted by Crippen LogP contribution is -2.52. The van der Waals surface area contributed by atoms with E-state index in [1.165, 1.54) is 9.87 Å². The summed E-state index contributed by atoms with van der Waals surface area (Å²) >= 11 is 5.98. The van der Waals surface area contributed by atoms with Crippen molar-refractivity contribution in [3.8, 4) is 0 Å². The van der Waals surface area contributed by atoms with Gasteiger partial charge in [-0.1, -0.05) is 29.8 Å². The van der Waals surface area contributed by atoms with Crippen LogP contribution in [0.25, 0.3) is 0 Å². The van der Waals surface area contributed by atoms with Crippen molar-refractivity contribution in [1.82, 2.24) is 20.1 Å². The molecule has 176 valence electrons. The predicted octanol–water partition coefficient (Wildman–Crippen LogP) is 1.99. The van der Waals surface area contributed by atoms with E-state index in [1.807, 2.05) is 17.0 Å². The van der Waals surface area contributed by atoms with Gasteiger partial charge in [0.1, 0.15) is 0 Å². The second kappa shape index (κ2) is 10.2. The first-order valence-electron chi connectivity index (χ1n) is 11.0. The number of aryl methyl sites for hydroxylation is 2. The molecule has 0 spiro atoms. The summed E-state index contributed by atoms with van der Waals surface area (Å²) in [7, 11) is -3.57. The topological polar surface area (TPSA) is 98.8 Å². The standard InChI is InChI=1S/C23H27ClN4O4S/c24-21-8-4-3-7-20(21)23(30)26-25-22(29)16-27-11-13-28(14-12-27)33(31,32)19-10-9-17-5-1-2-6-18(17)15-19/h3-4,7-10,15H,1-2,5-6,11-14,16H2,(H,25,29)(H,26,30). The number of hydrazine groups is 1. The van der Waals surface area contributed by atoms with Gasteiger partial charge in [-0.3, -0.25) is 25.3 Å². The van der Waals surface area contributed by atoms with Crippen molar-refractivity contribution in [2.24, 2.45) is 0 Å². The van der Waals surface area contributed by atoms with Crippen LogP contribution < -0.4 is 10.9 Å². The molecule has 33 heavy (non-hydrogen) atoms. The smallest absolute Gasteiger partial charge is 0.271 e. The molecule has 0 radical (unpaired) electrons. The Morgan fingerprint density at radius 2 is 1.61 bits per heavy atom. The number of halogens is 1. The number of fused-ring (bicyclic) bond motifs is 1. The fourth-order valence-electron chi connectivity index (χ4n) is 4.23. The van der Waals surface area contributed by atoms with Crippen LogP contribution >= 0.6 is 11.6 Å². The minimum Gasteiger partial charge on any atom is -0.292 e. The van der Waals surface area contributed by atoms with Gasteiger partial charge in [-0.25, -0.2) is 8.42 Å². The molecule has 2 aliphatic rings. The molecule has 0 aromatic heterocycles. The van der Waals surface area contributed by atoms with Crippen LogP contribution in [0.2, 0.25) is 5.02 Å².